The van der Waals surface area contributed by atoms with Gasteiger partial charge in [-0.2, -0.15) is 0 Å². The van der Waals surface area contributed by atoms with Crippen LogP contribution in [-0.4, -0.2) is 29.9 Å². The van der Waals surface area contributed by atoms with Crippen LogP contribution in [0.25, 0.3) is 0 Å². The average Bonchev–Trinajstić information content (AvgIpc) is 2.14. The van der Waals surface area contributed by atoms with E-state index < -0.39 is 0 Å². The molecular weight excluding hydrogens is 152 g/mol. The van der Waals surface area contributed by atoms with Gasteiger partial charge in [-0.15, -0.1) is 12.4 Å². The molecule has 0 aromatic rings. The van der Waals surface area contributed by atoms with Crippen LogP contribution in [0.1, 0.15) is 13.3 Å². The third-order valence-corrected chi connectivity index (χ3v) is 1.67. The minimum atomic E-state index is 0. The first kappa shape index (κ1) is 9.72. The Kier molecular flexibility index (Phi) is 3.68. The topological polar surface area (TPSA) is 46.3 Å². The van der Waals surface area contributed by atoms with Gasteiger partial charge in [-0.1, -0.05) is 0 Å². The Hall–Kier alpha value is -0.280. The number of carbonyl (C=O) groups is 1. The van der Waals surface area contributed by atoms with E-state index in [1.165, 1.54) is 0 Å². The van der Waals surface area contributed by atoms with Crippen molar-refractivity contribution in [1.29, 1.82) is 0 Å². The minimum Gasteiger partial charge on any atom is -0.341 e. The van der Waals surface area contributed by atoms with Crippen LogP contribution in [0.4, 0.5) is 0 Å². The molecule has 0 saturated carbocycles. The highest BCUT2D eigenvalue weighted by Crippen LogP contribution is 2.05. The summed E-state index contributed by atoms with van der Waals surface area (Å²) in [6.45, 7) is 3.17. The van der Waals surface area contributed by atoms with Crippen molar-refractivity contribution in [2.45, 2.75) is 19.4 Å². The highest BCUT2D eigenvalue weighted by Gasteiger charge is 2.20. The number of nitrogens with zero attached hydrogens (tertiary/aromatic N) is 1. The molecule has 1 aliphatic rings. The predicted molar refractivity (Wildman–Crippen MR) is 42.1 cm³/mol. The van der Waals surface area contributed by atoms with Gasteiger partial charge in [0.15, 0.2) is 0 Å². The molecule has 60 valence electrons. The van der Waals surface area contributed by atoms with E-state index >= 15 is 0 Å². The first-order valence-corrected chi connectivity index (χ1v) is 3.21. The predicted octanol–water partition coefficient (Wildman–Crippen LogP) is -0.0123. The van der Waals surface area contributed by atoms with Gasteiger partial charge in [-0.3, -0.25) is 4.79 Å². The SMILES string of the molecule is CC(=O)N1CC[C@@H](N)C1.Cl. The van der Waals surface area contributed by atoms with Crippen molar-refractivity contribution in [2.75, 3.05) is 13.1 Å². The molecule has 0 aromatic heterocycles. The largest absolute Gasteiger partial charge is 0.341 e. The van der Waals surface area contributed by atoms with E-state index in [-0.39, 0.29) is 24.4 Å². The molecule has 0 unspecified atom stereocenters. The third-order valence-electron chi connectivity index (χ3n) is 1.67. The molecule has 1 heterocycles. The molecule has 1 aliphatic heterocycles. The summed E-state index contributed by atoms with van der Waals surface area (Å²) in [4.78, 5) is 12.4. The molecule has 0 radical (unpaired) electrons. The second kappa shape index (κ2) is 3.78. The van der Waals surface area contributed by atoms with Crippen molar-refractivity contribution in [2.24, 2.45) is 5.73 Å². The summed E-state index contributed by atoms with van der Waals surface area (Å²) in [6, 6.07) is 0.217. The molecule has 1 rings (SSSR count). The third kappa shape index (κ3) is 2.15. The number of nitrogens with two attached hydrogens (primary N) is 1. The summed E-state index contributed by atoms with van der Waals surface area (Å²) in [5.41, 5.74) is 5.57. The van der Waals surface area contributed by atoms with Gasteiger partial charge in [0.1, 0.15) is 0 Å². The number of halogens is 1. The lowest BCUT2D eigenvalue weighted by atomic mass is 10.3. The number of likely N-dealkylation sites (tertiary alicyclic amines) is 1. The Bertz CT molecular complexity index is 129. The molecule has 0 aromatic carbocycles. The van der Waals surface area contributed by atoms with Gasteiger partial charge in [0.25, 0.3) is 0 Å². The normalized spacial score (nSPS) is 24.2. The Balaban J connectivity index is 0.000000810. The highest BCUT2D eigenvalue weighted by atomic mass is 35.5. The van der Waals surface area contributed by atoms with E-state index in [0.29, 0.717) is 0 Å². The smallest absolute Gasteiger partial charge is 0.219 e. The van der Waals surface area contributed by atoms with Crippen molar-refractivity contribution < 1.29 is 4.79 Å². The van der Waals surface area contributed by atoms with Gasteiger partial charge in [0.2, 0.25) is 5.91 Å². The fraction of sp³-hybridized carbons (Fsp3) is 0.833. The quantitative estimate of drug-likeness (QED) is 0.548. The van der Waals surface area contributed by atoms with Crippen LogP contribution in [0.5, 0.6) is 0 Å². The molecule has 3 nitrogen and oxygen atoms in total. The molecule has 2 N–H and O–H groups in total. The van der Waals surface area contributed by atoms with Crippen molar-refractivity contribution in [3.8, 4) is 0 Å². The number of hydrogen-bond donors (Lipinski definition) is 1. The lowest BCUT2D eigenvalue weighted by molar-refractivity contribution is -0.127. The zero-order valence-electron chi connectivity index (χ0n) is 6.04. The Labute approximate surface area is 67.0 Å². The summed E-state index contributed by atoms with van der Waals surface area (Å²) < 4.78 is 0. The molecule has 1 amide bonds. The maximum Gasteiger partial charge on any atom is 0.219 e. The van der Waals surface area contributed by atoms with Crippen molar-refractivity contribution in [1.82, 2.24) is 4.90 Å². The van der Waals surface area contributed by atoms with Gasteiger partial charge in [-0.25, -0.2) is 0 Å². The first-order chi connectivity index (χ1) is 4.20. The summed E-state index contributed by atoms with van der Waals surface area (Å²) in [5, 5.41) is 0. The van der Waals surface area contributed by atoms with Crippen molar-refractivity contribution >= 4 is 18.3 Å². The molecule has 1 atom stereocenters. The summed E-state index contributed by atoms with van der Waals surface area (Å²) in [5.74, 6) is 0.142. The maximum absolute atomic E-state index is 10.7. The summed E-state index contributed by atoms with van der Waals surface area (Å²) in [6.07, 6.45) is 0.958. The van der Waals surface area contributed by atoms with Gasteiger partial charge >= 0.3 is 0 Å². The Morgan fingerprint density at radius 1 is 1.70 bits per heavy atom. The first-order valence-electron chi connectivity index (χ1n) is 3.21. The van der Waals surface area contributed by atoms with E-state index in [1.54, 1.807) is 11.8 Å². The fourth-order valence-electron chi connectivity index (χ4n) is 1.07. The molecule has 10 heavy (non-hydrogen) atoms. The molecule has 0 spiro atoms. The lowest BCUT2D eigenvalue weighted by Gasteiger charge is -2.11. The molecule has 1 saturated heterocycles. The molecule has 4 heteroatoms. The van der Waals surface area contributed by atoms with Crippen LogP contribution in [0, 0.1) is 0 Å². The average molecular weight is 165 g/mol. The van der Waals surface area contributed by atoms with E-state index in [2.05, 4.69) is 0 Å². The molecule has 0 bridgehead atoms. The van der Waals surface area contributed by atoms with Crippen LogP contribution in [0.2, 0.25) is 0 Å². The van der Waals surface area contributed by atoms with Crippen LogP contribution in [-0.2, 0) is 4.79 Å². The minimum absolute atomic E-state index is 0. The Morgan fingerprint density at radius 2 is 2.30 bits per heavy atom. The van der Waals surface area contributed by atoms with Gasteiger partial charge < -0.3 is 10.6 Å². The van der Waals surface area contributed by atoms with Crippen molar-refractivity contribution in [3.05, 3.63) is 0 Å². The van der Waals surface area contributed by atoms with Crippen LogP contribution in [0.3, 0.4) is 0 Å². The van der Waals surface area contributed by atoms with Crippen molar-refractivity contribution in [3.63, 3.8) is 0 Å². The maximum atomic E-state index is 10.7. The number of hydrogen-bond acceptors (Lipinski definition) is 2. The molecule has 0 aliphatic carbocycles. The van der Waals surface area contributed by atoms with Crippen LogP contribution in [0.15, 0.2) is 0 Å². The molecule has 1 fully saturated rings. The summed E-state index contributed by atoms with van der Waals surface area (Å²) in [7, 11) is 0. The van der Waals surface area contributed by atoms with Crippen LogP contribution < -0.4 is 5.73 Å². The standard InChI is InChI=1S/C6H12N2O.ClH/c1-5(9)8-3-2-6(7)4-8;/h6H,2-4,7H2,1H3;1H/t6-;/m1./s1. The Morgan fingerprint density at radius 3 is 2.50 bits per heavy atom. The second-order valence-electron chi connectivity index (χ2n) is 2.51. The molecular formula is C6H13ClN2O. The van der Waals surface area contributed by atoms with E-state index in [9.17, 15) is 4.79 Å². The van der Waals surface area contributed by atoms with Gasteiger partial charge in [-0.05, 0) is 6.42 Å². The lowest BCUT2D eigenvalue weighted by Crippen LogP contribution is -2.29. The highest BCUT2D eigenvalue weighted by molar-refractivity contribution is 5.85. The zero-order valence-corrected chi connectivity index (χ0v) is 6.86. The van der Waals surface area contributed by atoms with Gasteiger partial charge in [0, 0.05) is 26.1 Å². The summed E-state index contributed by atoms with van der Waals surface area (Å²) >= 11 is 0. The number of carbonyl (C=O) groups excluding carboxylic acids is 1. The van der Waals surface area contributed by atoms with E-state index in [0.717, 1.165) is 19.5 Å². The van der Waals surface area contributed by atoms with E-state index in [4.69, 9.17) is 5.73 Å². The second-order valence-corrected chi connectivity index (χ2v) is 2.51. The van der Waals surface area contributed by atoms with E-state index in [1.807, 2.05) is 0 Å². The fourth-order valence-corrected chi connectivity index (χ4v) is 1.07. The van der Waals surface area contributed by atoms with Crippen LogP contribution >= 0.6 is 12.4 Å². The van der Waals surface area contributed by atoms with Gasteiger partial charge in [0.05, 0.1) is 0 Å². The monoisotopic (exact) mass is 164 g/mol. The number of rotatable bonds is 0. The number of amides is 1. The zero-order chi connectivity index (χ0) is 6.85.